The summed E-state index contributed by atoms with van der Waals surface area (Å²) in [7, 11) is 0. The van der Waals surface area contributed by atoms with Gasteiger partial charge < -0.3 is 31.3 Å². The zero-order valence-corrected chi connectivity index (χ0v) is 17.9. The van der Waals surface area contributed by atoms with Gasteiger partial charge in [0.1, 0.15) is 18.1 Å². The van der Waals surface area contributed by atoms with E-state index in [1.807, 2.05) is 0 Å². The molecule has 0 fully saturated rings. The molecular formula is C21H29N3O8. The SMILES string of the molecule is CC(O)CC(=O)N[C@@H](Cc1ccccc1)C(=O)N[C@@H](CCC(=O)O)C(=O)N[C@@H](C)C(=O)O. The molecule has 3 amide bonds. The summed E-state index contributed by atoms with van der Waals surface area (Å²) >= 11 is 0. The first-order chi connectivity index (χ1) is 15.0. The molecule has 0 aromatic heterocycles. The smallest absolute Gasteiger partial charge is 0.325 e. The highest BCUT2D eigenvalue weighted by Crippen LogP contribution is 2.07. The van der Waals surface area contributed by atoms with Crippen molar-refractivity contribution in [3.63, 3.8) is 0 Å². The molecule has 1 aromatic carbocycles. The molecule has 1 aromatic rings. The van der Waals surface area contributed by atoms with Crippen LogP contribution < -0.4 is 16.0 Å². The second-order valence-electron chi connectivity index (χ2n) is 7.43. The molecule has 32 heavy (non-hydrogen) atoms. The van der Waals surface area contributed by atoms with Crippen LogP contribution in [0.2, 0.25) is 0 Å². The molecule has 0 saturated heterocycles. The van der Waals surface area contributed by atoms with Crippen LogP contribution in [0.3, 0.4) is 0 Å². The van der Waals surface area contributed by atoms with Gasteiger partial charge in [-0.1, -0.05) is 30.3 Å². The van der Waals surface area contributed by atoms with Gasteiger partial charge in [-0.3, -0.25) is 24.0 Å². The number of aliphatic hydroxyl groups is 1. The Labute approximate surface area is 185 Å². The van der Waals surface area contributed by atoms with Gasteiger partial charge in [0.25, 0.3) is 0 Å². The molecule has 0 spiro atoms. The van der Waals surface area contributed by atoms with Crippen molar-refractivity contribution < 1.29 is 39.3 Å². The topological polar surface area (TPSA) is 182 Å². The number of carboxylic acid groups (broad SMARTS) is 2. The van der Waals surface area contributed by atoms with E-state index in [0.29, 0.717) is 0 Å². The average Bonchev–Trinajstić information content (AvgIpc) is 2.70. The fourth-order valence-corrected chi connectivity index (χ4v) is 2.77. The zero-order chi connectivity index (χ0) is 24.3. The summed E-state index contributed by atoms with van der Waals surface area (Å²) in [5.74, 6) is -4.69. The van der Waals surface area contributed by atoms with E-state index in [1.54, 1.807) is 30.3 Å². The minimum atomic E-state index is -1.33. The lowest BCUT2D eigenvalue weighted by molar-refractivity contribution is -0.142. The monoisotopic (exact) mass is 451 g/mol. The maximum Gasteiger partial charge on any atom is 0.325 e. The summed E-state index contributed by atoms with van der Waals surface area (Å²) in [6.07, 6.45) is -1.81. The Hall–Kier alpha value is -3.47. The largest absolute Gasteiger partial charge is 0.481 e. The van der Waals surface area contributed by atoms with Gasteiger partial charge in [0.05, 0.1) is 12.5 Å². The molecule has 11 heteroatoms. The van der Waals surface area contributed by atoms with Gasteiger partial charge >= 0.3 is 11.9 Å². The van der Waals surface area contributed by atoms with Crippen molar-refractivity contribution in [2.45, 2.75) is 63.8 Å². The van der Waals surface area contributed by atoms with E-state index in [-0.39, 0.29) is 19.3 Å². The second-order valence-corrected chi connectivity index (χ2v) is 7.43. The molecule has 0 aliphatic heterocycles. The van der Waals surface area contributed by atoms with E-state index in [0.717, 1.165) is 5.56 Å². The Balaban J connectivity index is 3.01. The summed E-state index contributed by atoms with van der Waals surface area (Å²) in [5, 5.41) is 34.4. The Morgan fingerprint density at radius 3 is 2.00 bits per heavy atom. The molecule has 6 N–H and O–H groups in total. The third-order valence-electron chi connectivity index (χ3n) is 4.42. The van der Waals surface area contributed by atoms with Gasteiger partial charge in [0, 0.05) is 12.8 Å². The van der Waals surface area contributed by atoms with Crippen LogP contribution in [0.5, 0.6) is 0 Å². The van der Waals surface area contributed by atoms with Crippen LogP contribution >= 0.6 is 0 Å². The van der Waals surface area contributed by atoms with Crippen molar-refractivity contribution in [1.82, 2.24) is 16.0 Å². The fourth-order valence-electron chi connectivity index (χ4n) is 2.77. The quantitative estimate of drug-likeness (QED) is 0.230. The lowest BCUT2D eigenvalue weighted by atomic mass is 10.0. The number of amides is 3. The Morgan fingerprint density at radius 2 is 1.47 bits per heavy atom. The summed E-state index contributed by atoms with van der Waals surface area (Å²) in [6, 6.07) is 5.07. The Bertz CT molecular complexity index is 813. The zero-order valence-electron chi connectivity index (χ0n) is 17.9. The number of nitrogens with one attached hydrogen (secondary N) is 3. The van der Waals surface area contributed by atoms with E-state index in [4.69, 9.17) is 10.2 Å². The van der Waals surface area contributed by atoms with Crippen molar-refractivity contribution in [2.24, 2.45) is 0 Å². The van der Waals surface area contributed by atoms with Crippen molar-refractivity contribution >= 4 is 29.7 Å². The number of aliphatic carboxylic acids is 2. The van der Waals surface area contributed by atoms with Crippen LogP contribution in [0.4, 0.5) is 0 Å². The van der Waals surface area contributed by atoms with E-state index < -0.39 is 60.3 Å². The predicted molar refractivity (Wildman–Crippen MR) is 112 cm³/mol. The standard InChI is InChI=1S/C21H29N3O8/c1-12(25)10-17(26)23-16(11-14-6-4-3-5-7-14)20(30)24-15(8-9-18(27)28)19(29)22-13(2)21(31)32/h3-7,12-13,15-16,25H,8-11H2,1-2H3,(H,22,29)(H,23,26)(H,24,30)(H,27,28)(H,31,32)/t12?,13-,15-,16-/m0/s1. The van der Waals surface area contributed by atoms with Crippen LogP contribution in [0.1, 0.15) is 38.7 Å². The molecule has 1 unspecified atom stereocenters. The molecule has 4 atom stereocenters. The first-order valence-corrected chi connectivity index (χ1v) is 10.1. The lowest BCUT2D eigenvalue weighted by Gasteiger charge is -2.24. The van der Waals surface area contributed by atoms with Gasteiger partial charge in [-0.2, -0.15) is 0 Å². The highest BCUT2D eigenvalue weighted by atomic mass is 16.4. The van der Waals surface area contributed by atoms with Crippen LogP contribution in [-0.2, 0) is 30.4 Å². The Kier molecular flexibility index (Phi) is 10.8. The number of carbonyl (C=O) groups is 5. The normalized spacial score (nSPS) is 14.3. The number of hydrogen-bond acceptors (Lipinski definition) is 6. The fraction of sp³-hybridized carbons (Fsp3) is 0.476. The molecule has 0 saturated carbocycles. The number of hydrogen-bond donors (Lipinski definition) is 6. The average molecular weight is 451 g/mol. The van der Waals surface area contributed by atoms with Gasteiger partial charge in [0.2, 0.25) is 17.7 Å². The summed E-state index contributed by atoms with van der Waals surface area (Å²) in [5.41, 5.74) is 0.719. The molecule has 176 valence electrons. The number of rotatable bonds is 13. The van der Waals surface area contributed by atoms with Crippen molar-refractivity contribution in [1.29, 1.82) is 0 Å². The van der Waals surface area contributed by atoms with Gasteiger partial charge in [0.15, 0.2) is 0 Å². The van der Waals surface area contributed by atoms with Gasteiger partial charge in [-0.25, -0.2) is 0 Å². The van der Waals surface area contributed by atoms with E-state index >= 15 is 0 Å². The van der Waals surface area contributed by atoms with Crippen molar-refractivity contribution in [3.05, 3.63) is 35.9 Å². The minimum absolute atomic E-state index is 0.0804. The highest BCUT2D eigenvalue weighted by Gasteiger charge is 2.29. The molecule has 0 aliphatic carbocycles. The van der Waals surface area contributed by atoms with E-state index in [2.05, 4.69) is 16.0 Å². The summed E-state index contributed by atoms with van der Waals surface area (Å²) in [4.78, 5) is 59.5. The first-order valence-electron chi connectivity index (χ1n) is 10.1. The molecule has 0 heterocycles. The third-order valence-corrected chi connectivity index (χ3v) is 4.42. The molecular weight excluding hydrogens is 422 g/mol. The van der Waals surface area contributed by atoms with Crippen LogP contribution in [0, 0.1) is 0 Å². The first kappa shape index (κ1) is 26.6. The van der Waals surface area contributed by atoms with E-state index in [9.17, 15) is 29.1 Å². The summed E-state index contributed by atoms with van der Waals surface area (Å²) in [6.45, 7) is 2.65. The molecule has 1 rings (SSSR count). The van der Waals surface area contributed by atoms with Crippen LogP contribution in [0.25, 0.3) is 0 Å². The number of aliphatic hydroxyl groups excluding tert-OH is 1. The van der Waals surface area contributed by atoms with Gasteiger partial charge in [-0.15, -0.1) is 0 Å². The maximum absolute atomic E-state index is 12.9. The lowest BCUT2D eigenvalue weighted by Crippen LogP contribution is -2.56. The van der Waals surface area contributed by atoms with Crippen molar-refractivity contribution in [2.75, 3.05) is 0 Å². The number of carboxylic acids is 2. The number of benzene rings is 1. The van der Waals surface area contributed by atoms with Gasteiger partial charge in [-0.05, 0) is 25.8 Å². The minimum Gasteiger partial charge on any atom is -0.481 e. The molecule has 0 aliphatic rings. The predicted octanol–water partition coefficient (Wildman–Crippen LogP) is -0.576. The van der Waals surface area contributed by atoms with Crippen LogP contribution in [-0.4, -0.2) is 69.2 Å². The number of carbonyl (C=O) groups excluding carboxylic acids is 3. The third kappa shape index (κ3) is 10.0. The maximum atomic E-state index is 12.9. The highest BCUT2D eigenvalue weighted by molar-refractivity contribution is 5.93. The van der Waals surface area contributed by atoms with Crippen molar-refractivity contribution in [3.8, 4) is 0 Å². The van der Waals surface area contributed by atoms with Crippen LogP contribution in [0.15, 0.2) is 30.3 Å². The molecule has 11 nitrogen and oxygen atoms in total. The molecule has 0 bridgehead atoms. The molecule has 0 radical (unpaired) electrons. The second kappa shape index (κ2) is 13.1. The van der Waals surface area contributed by atoms with E-state index in [1.165, 1.54) is 13.8 Å². The summed E-state index contributed by atoms with van der Waals surface area (Å²) < 4.78 is 0. The Morgan fingerprint density at radius 1 is 0.875 bits per heavy atom.